The lowest BCUT2D eigenvalue weighted by molar-refractivity contribution is -0.112. The predicted molar refractivity (Wildman–Crippen MR) is 120 cm³/mol. The van der Waals surface area contributed by atoms with Crippen LogP contribution in [0.3, 0.4) is 0 Å². The van der Waals surface area contributed by atoms with Crippen LogP contribution in [0.5, 0.6) is 0 Å². The van der Waals surface area contributed by atoms with Gasteiger partial charge in [0.1, 0.15) is 0 Å². The lowest BCUT2D eigenvalue weighted by Crippen LogP contribution is -2.19. The van der Waals surface area contributed by atoms with Gasteiger partial charge in [0.05, 0.1) is 40.4 Å². The highest BCUT2D eigenvalue weighted by molar-refractivity contribution is 6.32. The van der Waals surface area contributed by atoms with E-state index in [1.165, 1.54) is 23.4 Å². The molecular weight excluding hydrogens is 416 g/mol. The Morgan fingerprint density at radius 2 is 1.87 bits per heavy atom. The first-order chi connectivity index (χ1) is 15.1. The Hall–Kier alpha value is -4.11. The lowest BCUT2D eigenvalue weighted by atomic mass is 10.1. The van der Waals surface area contributed by atoms with Crippen LogP contribution in [0.25, 0.3) is 16.7 Å². The summed E-state index contributed by atoms with van der Waals surface area (Å²) >= 11 is 6.25. The van der Waals surface area contributed by atoms with Gasteiger partial charge >= 0.3 is 0 Å². The molecule has 0 saturated carbocycles. The minimum atomic E-state index is -0.471. The number of aromatic nitrogens is 5. The molecule has 31 heavy (non-hydrogen) atoms. The molecule has 0 bridgehead atoms. The van der Waals surface area contributed by atoms with Crippen molar-refractivity contribution < 1.29 is 4.79 Å². The highest BCUT2D eigenvalue weighted by Crippen LogP contribution is 2.24. The predicted octanol–water partition coefficient (Wildman–Crippen LogP) is 3.84. The number of hydrogen-bond acceptors (Lipinski definition) is 7. The summed E-state index contributed by atoms with van der Waals surface area (Å²) in [6.07, 6.45) is 7.15. The first-order valence-electron chi connectivity index (χ1n) is 9.22. The number of nitrogens with one attached hydrogen (secondary N) is 3. The van der Waals surface area contributed by atoms with E-state index in [2.05, 4.69) is 30.8 Å². The monoisotopic (exact) mass is 432 g/mol. The number of benzene rings is 1. The first-order valence-corrected chi connectivity index (χ1v) is 9.60. The van der Waals surface area contributed by atoms with Crippen molar-refractivity contribution in [1.82, 2.24) is 25.0 Å². The van der Waals surface area contributed by atoms with Crippen molar-refractivity contribution in [2.75, 3.05) is 10.6 Å². The largest absolute Gasteiger partial charge is 0.358 e. The molecule has 0 saturated heterocycles. The number of pyridine rings is 2. The first kappa shape index (κ1) is 20.2. The van der Waals surface area contributed by atoms with Gasteiger partial charge < -0.3 is 16.0 Å². The van der Waals surface area contributed by atoms with Gasteiger partial charge in [-0.25, -0.2) is 4.98 Å². The van der Waals surface area contributed by atoms with Gasteiger partial charge in [0.15, 0.2) is 5.82 Å². The van der Waals surface area contributed by atoms with E-state index in [-0.39, 0.29) is 10.6 Å². The van der Waals surface area contributed by atoms with Gasteiger partial charge in [-0.2, -0.15) is 10.2 Å². The Morgan fingerprint density at radius 1 is 1.10 bits per heavy atom. The molecule has 0 aliphatic carbocycles. The summed E-state index contributed by atoms with van der Waals surface area (Å²) in [6.45, 7) is 1.73. The van der Waals surface area contributed by atoms with E-state index in [0.717, 1.165) is 22.8 Å². The molecule has 0 unspecified atom stereocenters. The molecule has 4 aromatic rings. The average molecular weight is 433 g/mol. The van der Waals surface area contributed by atoms with Gasteiger partial charge in [0.25, 0.3) is 5.91 Å². The molecule has 4 rings (SSSR count). The Kier molecular flexibility index (Phi) is 5.67. The molecule has 154 valence electrons. The van der Waals surface area contributed by atoms with E-state index in [1.807, 2.05) is 30.3 Å². The van der Waals surface area contributed by atoms with E-state index in [1.54, 1.807) is 19.2 Å². The number of para-hydroxylation sites is 1. The fourth-order valence-corrected chi connectivity index (χ4v) is 3.23. The molecule has 3 heterocycles. The third-order valence-electron chi connectivity index (χ3n) is 4.45. The van der Waals surface area contributed by atoms with Crippen molar-refractivity contribution >= 4 is 46.0 Å². The van der Waals surface area contributed by atoms with E-state index in [0.29, 0.717) is 17.2 Å². The van der Waals surface area contributed by atoms with Crippen LogP contribution in [-0.4, -0.2) is 37.1 Å². The molecule has 3 aromatic heterocycles. The summed E-state index contributed by atoms with van der Waals surface area (Å²) in [5, 5.41) is 22.8. The maximum atomic E-state index is 12.8. The van der Waals surface area contributed by atoms with Gasteiger partial charge in [-0.3, -0.25) is 9.78 Å². The maximum absolute atomic E-state index is 12.8. The zero-order valence-corrected chi connectivity index (χ0v) is 17.1. The molecule has 0 spiro atoms. The molecule has 10 heteroatoms. The number of hydrogen-bond donors (Lipinski definition) is 3. The second-order valence-corrected chi connectivity index (χ2v) is 6.89. The van der Waals surface area contributed by atoms with Gasteiger partial charge in [-0.1, -0.05) is 29.8 Å². The zero-order valence-electron chi connectivity index (χ0n) is 16.4. The Labute approximate surface area is 182 Å². The second kappa shape index (κ2) is 8.72. The second-order valence-electron chi connectivity index (χ2n) is 6.49. The number of carbonyl (C=O) groups is 1. The summed E-state index contributed by atoms with van der Waals surface area (Å²) in [5.74, 6) is -0.129. The number of allylic oxidation sites excluding steroid dienone is 1. The Balaban J connectivity index is 1.57. The summed E-state index contributed by atoms with van der Waals surface area (Å²) in [6, 6.07) is 11.0. The summed E-state index contributed by atoms with van der Waals surface area (Å²) in [5.41, 5.74) is 2.67. The number of rotatable bonds is 6. The third-order valence-corrected chi connectivity index (χ3v) is 4.73. The standard InChI is InChI=1S/C21H17ClN8O/c1-13(28-19-6-7-24-18-5-3-2-4-15(18)19)16(11-23)21(31)29-14-10-17(22)20(25-12-14)30-26-8-9-27-30/h2-12,23H,1H3,(H,24,28)(H,29,31)/b16-13+,23-11?. The quantitative estimate of drug-likeness (QED) is 0.314. The van der Waals surface area contributed by atoms with E-state index in [4.69, 9.17) is 17.0 Å². The van der Waals surface area contributed by atoms with E-state index < -0.39 is 5.91 Å². The number of fused-ring (bicyclic) bond motifs is 1. The molecule has 0 fully saturated rings. The van der Waals surface area contributed by atoms with Gasteiger partial charge in [0.2, 0.25) is 0 Å². The van der Waals surface area contributed by atoms with Crippen molar-refractivity contribution in [3.8, 4) is 5.82 Å². The van der Waals surface area contributed by atoms with Crippen molar-refractivity contribution in [3.05, 3.63) is 77.5 Å². The highest BCUT2D eigenvalue weighted by Gasteiger charge is 2.14. The highest BCUT2D eigenvalue weighted by atomic mass is 35.5. The minimum absolute atomic E-state index is 0.162. The van der Waals surface area contributed by atoms with Gasteiger partial charge in [-0.05, 0) is 25.1 Å². The van der Waals surface area contributed by atoms with Crippen LogP contribution in [0, 0.1) is 5.41 Å². The lowest BCUT2D eigenvalue weighted by Gasteiger charge is -2.13. The molecule has 0 atom stereocenters. The number of nitrogens with zero attached hydrogens (tertiary/aromatic N) is 5. The maximum Gasteiger partial charge on any atom is 0.259 e. The Bertz CT molecular complexity index is 1290. The molecule has 1 aromatic carbocycles. The molecule has 1 amide bonds. The van der Waals surface area contributed by atoms with Gasteiger partial charge in [0, 0.05) is 29.2 Å². The fourth-order valence-electron chi connectivity index (χ4n) is 2.99. The number of anilines is 2. The molecule has 0 aliphatic heterocycles. The third kappa shape index (κ3) is 4.26. The molecule has 3 N–H and O–H groups in total. The van der Waals surface area contributed by atoms with E-state index >= 15 is 0 Å². The zero-order chi connectivity index (χ0) is 21.8. The SMILES string of the molecule is C/C(Nc1ccnc2ccccc12)=C(/C=N)C(=O)Nc1cnc(-n2nccn2)c(Cl)c1. The topological polar surface area (TPSA) is 121 Å². The van der Waals surface area contributed by atoms with Crippen LogP contribution in [-0.2, 0) is 4.79 Å². The number of halogens is 1. The van der Waals surface area contributed by atoms with Crippen LogP contribution in [0.4, 0.5) is 11.4 Å². The van der Waals surface area contributed by atoms with Crippen LogP contribution >= 0.6 is 11.6 Å². The van der Waals surface area contributed by atoms with Crippen LogP contribution in [0.2, 0.25) is 5.02 Å². The normalized spacial score (nSPS) is 11.7. The average Bonchev–Trinajstić information content (AvgIpc) is 3.29. The van der Waals surface area contributed by atoms with Crippen LogP contribution < -0.4 is 10.6 Å². The minimum Gasteiger partial charge on any atom is -0.358 e. The fraction of sp³-hybridized carbons (Fsp3) is 0.0476. The molecule has 0 radical (unpaired) electrons. The molecular formula is C21H17ClN8O. The van der Waals surface area contributed by atoms with E-state index in [9.17, 15) is 4.79 Å². The van der Waals surface area contributed by atoms with Crippen molar-refractivity contribution in [2.45, 2.75) is 6.92 Å². The summed E-state index contributed by atoms with van der Waals surface area (Å²) < 4.78 is 0. The van der Waals surface area contributed by atoms with Crippen LogP contribution in [0.15, 0.2) is 72.5 Å². The molecule has 0 aliphatic rings. The van der Waals surface area contributed by atoms with Crippen molar-refractivity contribution in [1.29, 1.82) is 5.41 Å². The van der Waals surface area contributed by atoms with Gasteiger partial charge in [-0.15, -0.1) is 4.80 Å². The Morgan fingerprint density at radius 3 is 2.61 bits per heavy atom. The summed E-state index contributed by atoms with van der Waals surface area (Å²) in [4.78, 5) is 22.6. The number of amides is 1. The van der Waals surface area contributed by atoms with Crippen molar-refractivity contribution in [3.63, 3.8) is 0 Å². The van der Waals surface area contributed by atoms with Crippen LogP contribution in [0.1, 0.15) is 6.92 Å². The van der Waals surface area contributed by atoms with Crippen molar-refractivity contribution in [2.24, 2.45) is 0 Å². The summed E-state index contributed by atoms with van der Waals surface area (Å²) in [7, 11) is 0. The number of carbonyl (C=O) groups excluding carboxylic acids is 1. The molecule has 9 nitrogen and oxygen atoms in total. The smallest absolute Gasteiger partial charge is 0.259 e.